The molecular weight excluding hydrogens is 373 g/mol. The molecule has 2 nitrogen and oxygen atoms in total. The van der Waals surface area contributed by atoms with E-state index in [1.807, 2.05) is 19.2 Å². The number of amides is 1. The predicted molar refractivity (Wildman–Crippen MR) is 90.2 cm³/mol. The van der Waals surface area contributed by atoms with E-state index in [0.717, 1.165) is 13.6 Å². The summed E-state index contributed by atoms with van der Waals surface area (Å²) in [5.41, 5.74) is 0. The first-order valence-corrected chi connectivity index (χ1v) is 9.00. The van der Waals surface area contributed by atoms with Crippen LogP contribution < -0.4 is 0 Å². The SMILES string of the molecule is CN(Cc1ccc(Br)s1)C(=O)CCSc1ccc(F)cc1. The van der Waals surface area contributed by atoms with Gasteiger partial charge in [0, 0.05) is 29.0 Å². The van der Waals surface area contributed by atoms with Gasteiger partial charge in [0.25, 0.3) is 0 Å². The molecule has 0 bridgehead atoms. The lowest BCUT2D eigenvalue weighted by Crippen LogP contribution is -2.25. The lowest BCUT2D eigenvalue weighted by molar-refractivity contribution is -0.129. The third-order valence-electron chi connectivity index (χ3n) is 2.85. The van der Waals surface area contributed by atoms with Crippen LogP contribution in [-0.2, 0) is 11.3 Å². The van der Waals surface area contributed by atoms with E-state index in [0.29, 0.717) is 18.7 Å². The topological polar surface area (TPSA) is 20.3 Å². The lowest BCUT2D eigenvalue weighted by atomic mass is 10.3. The maximum Gasteiger partial charge on any atom is 0.223 e. The Hall–Kier alpha value is -0.850. The van der Waals surface area contributed by atoms with Crippen LogP contribution in [0.2, 0.25) is 0 Å². The first-order valence-electron chi connectivity index (χ1n) is 6.41. The van der Waals surface area contributed by atoms with Crippen molar-refractivity contribution in [3.63, 3.8) is 0 Å². The number of thioether (sulfide) groups is 1. The summed E-state index contributed by atoms with van der Waals surface area (Å²) in [6.45, 7) is 0.635. The Kier molecular flexibility index (Phi) is 6.26. The Morgan fingerprint density at radius 3 is 2.62 bits per heavy atom. The molecular formula is C15H15BrFNOS2. The van der Waals surface area contributed by atoms with E-state index < -0.39 is 0 Å². The van der Waals surface area contributed by atoms with Gasteiger partial charge < -0.3 is 4.90 Å². The average molecular weight is 388 g/mol. The molecule has 21 heavy (non-hydrogen) atoms. The maximum absolute atomic E-state index is 12.8. The van der Waals surface area contributed by atoms with Crippen LogP contribution in [0.3, 0.4) is 0 Å². The zero-order chi connectivity index (χ0) is 15.2. The van der Waals surface area contributed by atoms with E-state index in [-0.39, 0.29) is 11.7 Å². The molecule has 1 amide bonds. The van der Waals surface area contributed by atoms with Crippen molar-refractivity contribution in [3.05, 3.63) is 50.9 Å². The minimum Gasteiger partial charge on any atom is -0.341 e. The number of carbonyl (C=O) groups excluding carboxylic acids is 1. The summed E-state index contributed by atoms with van der Waals surface area (Å²) in [5, 5.41) is 0. The normalized spacial score (nSPS) is 10.6. The number of nitrogens with zero attached hydrogens (tertiary/aromatic N) is 1. The van der Waals surface area contributed by atoms with Gasteiger partial charge in [-0.25, -0.2) is 4.39 Å². The minimum atomic E-state index is -0.239. The van der Waals surface area contributed by atoms with Crippen molar-refractivity contribution in [2.24, 2.45) is 0 Å². The fraction of sp³-hybridized carbons (Fsp3) is 0.267. The smallest absolute Gasteiger partial charge is 0.223 e. The molecule has 0 fully saturated rings. The Bertz CT molecular complexity index is 600. The molecule has 1 heterocycles. The van der Waals surface area contributed by atoms with Crippen molar-refractivity contribution in [1.29, 1.82) is 0 Å². The van der Waals surface area contributed by atoms with Gasteiger partial charge in [0.15, 0.2) is 0 Å². The second kappa shape index (κ2) is 7.96. The summed E-state index contributed by atoms with van der Waals surface area (Å²) in [6, 6.07) is 10.3. The minimum absolute atomic E-state index is 0.120. The van der Waals surface area contributed by atoms with Gasteiger partial charge in [-0.05, 0) is 52.3 Å². The van der Waals surface area contributed by atoms with Crippen LogP contribution in [0.1, 0.15) is 11.3 Å². The molecule has 6 heteroatoms. The highest BCUT2D eigenvalue weighted by Crippen LogP contribution is 2.23. The van der Waals surface area contributed by atoms with Crippen LogP contribution >= 0.6 is 39.0 Å². The monoisotopic (exact) mass is 387 g/mol. The highest BCUT2D eigenvalue weighted by Gasteiger charge is 2.10. The van der Waals surface area contributed by atoms with Crippen LogP contribution in [0, 0.1) is 5.82 Å². The van der Waals surface area contributed by atoms with Crippen molar-refractivity contribution in [2.45, 2.75) is 17.9 Å². The molecule has 1 aromatic carbocycles. The summed E-state index contributed by atoms with van der Waals surface area (Å²) < 4.78 is 13.9. The van der Waals surface area contributed by atoms with Crippen LogP contribution in [0.25, 0.3) is 0 Å². The van der Waals surface area contributed by atoms with Crippen molar-refractivity contribution in [3.8, 4) is 0 Å². The summed E-state index contributed by atoms with van der Waals surface area (Å²) in [5.74, 6) is 0.578. The third-order valence-corrected chi connectivity index (χ3v) is 5.47. The van der Waals surface area contributed by atoms with Crippen LogP contribution in [-0.4, -0.2) is 23.6 Å². The fourth-order valence-electron chi connectivity index (χ4n) is 1.74. The van der Waals surface area contributed by atoms with Crippen molar-refractivity contribution in [2.75, 3.05) is 12.8 Å². The quantitative estimate of drug-likeness (QED) is 0.664. The summed E-state index contributed by atoms with van der Waals surface area (Å²) in [7, 11) is 1.82. The summed E-state index contributed by atoms with van der Waals surface area (Å²) in [6.07, 6.45) is 0.477. The lowest BCUT2D eigenvalue weighted by Gasteiger charge is -2.16. The largest absolute Gasteiger partial charge is 0.341 e. The zero-order valence-electron chi connectivity index (χ0n) is 11.5. The van der Waals surface area contributed by atoms with Gasteiger partial charge in [0.05, 0.1) is 10.3 Å². The molecule has 0 spiro atoms. The molecule has 0 radical (unpaired) electrons. The number of hydrogen-bond donors (Lipinski definition) is 0. The highest BCUT2D eigenvalue weighted by molar-refractivity contribution is 9.11. The number of hydrogen-bond acceptors (Lipinski definition) is 3. The van der Waals surface area contributed by atoms with Crippen molar-refractivity contribution in [1.82, 2.24) is 4.90 Å². The third kappa shape index (κ3) is 5.45. The predicted octanol–water partition coefficient (Wildman–Crippen LogP) is 4.79. The number of benzene rings is 1. The summed E-state index contributed by atoms with van der Waals surface area (Å²) in [4.78, 5) is 15.9. The number of halogens is 2. The van der Waals surface area contributed by atoms with Gasteiger partial charge in [-0.15, -0.1) is 23.1 Å². The van der Waals surface area contributed by atoms with Crippen molar-refractivity contribution < 1.29 is 9.18 Å². The molecule has 1 aromatic heterocycles. The van der Waals surface area contributed by atoms with Gasteiger partial charge in [-0.2, -0.15) is 0 Å². The van der Waals surface area contributed by atoms with Gasteiger partial charge in [-0.3, -0.25) is 4.79 Å². The standard InChI is InChI=1S/C15H15BrFNOS2/c1-18(10-13-6-7-14(16)21-13)15(19)8-9-20-12-4-2-11(17)3-5-12/h2-7H,8-10H2,1H3. The average Bonchev–Trinajstić information content (AvgIpc) is 2.86. The zero-order valence-corrected chi connectivity index (χ0v) is 14.7. The Morgan fingerprint density at radius 1 is 1.29 bits per heavy atom. The van der Waals surface area contributed by atoms with Crippen molar-refractivity contribution >= 4 is 44.9 Å². The number of thiophene rings is 1. The van der Waals surface area contributed by atoms with E-state index in [1.54, 1.807) is 40.1 Å². The molecule has 0 saturated carbocycles. The Balaban J connectivity index is 1.74. The van der Waals surface area contributed by atoms with E-state index in [9.17, 15) is 9.18 Å². The first-order chi connectivity index (χ1) is 10.0. The molecule has 0 aliphatic rings. The van der Waals surface area contributed by atoms with Gasteiger partial charge in [0.2, 0.25) is 5.91 Å². The van der Waals surface area contributed by atoms with E-state index >= 15 is 0 Å². The summed E-state index contributed by atoms with van der Waals surface area (Å²) >= 11 is 6.62. The van der Waals surface area contributed by atoms with Gasteiger partial charge in [-0.1, -0.05) is 0 Å². The molecule has 0 unspecified atom stereocenters. The van der Waals surface area contributed by atoms with E-state index in [4.69, 9.17) is 0 Å². The second-order valence-electron chi connectivity index (χ2n) is 4.51. The molecule has 0 aliphatic heterocycles. The molecule has 0 aliphatic carbocycles. The molecule has 0 atom stereocenters. The number of rotatable bonds is 6. The Labute approximate surface area is 140 Å². The van der Waals surface area contributed by atoms with E-state index in [1.165, 1.54) is 12.1 Å². The highest BCUT2D eigenvalue weighted by atomic mass is 79.9. The number of carbonyl (C=O) groups is 1. The van der Waals surface area contributed by atoms with E-state index in [2.05, 4.69) is 15.9 Å². The molecule has 2 rings (SSSR count). The molecule has 0 N–H and O–H groups in total. The molecule has 112 valence electrons. The Morgan fingerprint density at radius 2 is 2.00 bits per heavy atom. The van der Waals surface area contributed by atoms with Gasteiger partial charge in [0.1, 0.15) is 5.82 Å². The molecule has 2 aromatic rings. The van der Waals surface area contributed by atoms with Crippen LogP contribution in [0.4, 0.5) is 4.39 Å². The maximum atomic E-state index is 12.8. The molecule has 0 saturated heterocycles. The fourth-order valence-corrected chi connectivity index (χ4v) is 4.11. The van der Waals surface area contributed by atoms with Crippen LogP contribution in [0.15, 0.2) is 45.1 Å². The van der Waals surface area contributed by atoms with Gasteiger partial charge >= 0.3 is 0 Å². The second-order valence-corrected chi connectivity index (χ2v) is 8.22. The first kappa shape index (κ1) is 16.5. The van der Waals surface area contributed by atoms with Crippen LogP contribution in [0.5, 0.6) is 0 Å².